The van der Waals surface area contributed by atoms with E-state index < -0.39 is 17.7 Å². The monoisotopic (exact) mass is 255 g/mol. The maximum Gasteiger partial charge on any atom is 0.408 e. The van der Waals surface area contributed by atoms with Gasteiger partial charge in [-0.2, -0.15) is 0 Å². The van der Waals surface area contributed by atoms with Gasteiger partial charge in [0.2, 0.25) is 0 Å². The van der Waals surface area contributed by atoms with Crippen LogP contribution in [0.25, 0.3) is 0 Å². The van der Waals surface area contributed by atoms with E-state index in [1.54, 1.807) is 26.8 Å². The lowest BCUT2D eigenvalue weighted by Crippen LogP contribution is -2.46. The van der Waals surface area contributed by atoms with Gasteiger partial charge in [-0.25, -0.2) is 4.79 Å². The van der Waals surface area contributed by atoms with Crippen LogP contribution in [-0.2, 0) is 9.53 Å². The van der Waals surface area contributed by atoms with Crippen molar-refractivity contribution in [3.8, 4) is 0 Å². The Labute approximate surface area is 110 Å². The van der Waals surface area contributed by atoms with Crippen LogP contribution in [0.3, 0.4) is 0 Å². The summed E-state index contributed by atoms with van der Waals surface area (Å²) in [5.41, 5.74) is -0.564. The molecule has 4 heteroatoms. The van der Waals surface area contributed by atoms with Crippen molar-refractivity contribution in [1.82, 2.24) is 5.32 Å². The summed E-state index contributed by atoms with van der Waals surface area (Å²) in [5, 5.41) is 2.65. The van der Waals surface area contributed by atoms with Gasteiger partial charge in [0.1, 0.15) is 5.60 Å². The molecule has 0 saturated heterocycles. The summed E-state index contributed by atoms with van der Waals surface area (Å²) < 4.78 is 5.16. The number of carbonyl (C=O) groups excluding carboxylic acids is 2. The summed E-state index contributed by atoms with van der Waals surface area (Å²) in [7, 11) is 0. The maximum absolute atomic E-state index is 11.9. The van der Waals surface area contributed by atoms with E-state index in [2.05, 4.69) is 11.9 Å². The molecule has 0 aromatic carbocycles. The van der Waals surface area contributed by atoms with E-state index in [1.165, 1.54) is 0 Å². The number of carbonyl (C=O) groups is 2. The number of amides is 1. The molecule has 18 heavy (non-hydrogen) atoms. The van der Waals surface area contributed by atoms with E-state index in [-0.39, 0.29) is 18.1 Å². The molecule has 0 heterocycles. The van der Waals surface area contributed by atoms with E-state index >= 15 is 0 Å². The molecule has 0 radical (unpaired) electrons. The molecule has 0 aliphatic carbocycles. The van der Waals surface area contributed by atoms with Crippen molar-refractivity contribution in [3.63, 3.8) is 0 Å². The lowest BCUT2D eigenvalue weighted by Gasteiger charge is -2.25. The maximum atomic E-state index is 11.9. The van der Waals surface area contributed by atoms with Crippen LogP contribution >= 0.6 is 0 Å². The molecule has 104 valence electrons. The molecule has 0 aliphatic rings. The third-order valence-corrected chi connectivity index (χ3v) is 2.58. The largest absolute Gasteiger partial charge is 0.444 e. The van der Waals surface area contributed by atoms with Gasteiger partial charge < -0.3 is 10.1 Å². The Morgan fingerprint density at radius 2 is 1.94 bits per heavy atom. The zero-order chi connectivity index (χ0) is 14.3. The average molecular weight is 255 g/mol. The lowest BCUT2D eigenvalue weighted by molar-refractivity contribution is -0.121. The normalized spacial score (nSPS) is 14.5. The Bertz CT molecular complexity index is 305. The minimum atomic E-state index is -0.564. The second-order valence-corrected chi connectivity index (χ2v) is 5.47. The zero-order valence-electron chi connectivity index (χ0n) is 12.1. The molecule has 0 unspecified atom stereocenters. The Kier molecular flexibility index (Phi) is 6.66. The van der Waals surface area contributed by atoms with Crippen LogP contribution in [0.2, 0.25) is 0 Å². The fraction of sp³-hybridized carbons (Fsp3) is 0.714. The van der Waals surface area contributed by atoms with E-state index in [9.17, 15) is 9.59 Å². The standard InChI is InChI=1S/C14H25NO3/c1-7-9-11(16)12(10(3)8-2)15-13(17)18-14(4,5)6/h7,10,12H,1,8-9H2,2-6H3,(H,15,17)/t10-,12-/m0/s1. The van der Waals surface area contributed by atoms with Gasteiger partial charge in [-0.05, 0) is 26.7 Å². The Morgan fingerprint density at radius 1 is 1.39 bits per heavy atom. The molecule has 0 aromatic rings. The summed E-state index contributed by atoms with van der Waals surface area (Å²) >= 11 is 0. The van der Waals surface area contributed by atoms with Crippen LogP contribution in [0.5, 0.6) is 0 Å². The predicted molar refractivity (Wildman–Crippen MR) is 72.4 cm³/mol. The van der Waals surface area contributed by atoms with Crippen LogP contribution < -0.4 is 5.32 Å². The van der Waals surface area contributed by atoms with Crippen LogP contribution in [-0.4, -0.2) is 23.5 Å². The number of hydrogen-bond acceptors (Lipinski definition) is 3. The fourth-order valence-electron chi connectivity index (χ4n) is 1.48. The number of ketones is 1. The van der Waals surface area contributed by atoms with E-state index in [0.29, 0.717) is 0 Å². The molecule has 4 nitrogen and oxygen atoms in total. The Morgan fingerprint density at radius 3 is 2.33 bits per heavy atom. The molecular formula is C14H25NO3. The van der Waals surface area contributed by atoms with Crippen molar-refractivity contribution >= 4 is 11.9 Å². The second kappa shape index (κ2) is 7.19. The lowest BCUT2D eigenvalue weighted by atomic mass is 9.94. The van der Waals surface area contributed by atoms with Gasteiger partial charge >= 0.3 is 6.09 Å². The minimum Gasteiger partial charge on any atom is -0.444 e. The fourth-order valence-corrected chi connectivity index (χ4v) is 1.48. The Hall–Kier alpha value is -1.32. The van der Waals surface area contributed by atoms with Crippen molar-refractivity contribution in [2.45, 2.75) is 59.1 Å². The van der Waals surface area contributed by atoms with Crippen molar-refractivity contribution in [2.24, 2.45) is 5.92 Å². The zero-order valence-corrected chi connectivity index (χ0v) is 12.1. The van der Waals surface area contributed by atoms with Crippen LogP contribution in [0.15, 0.2) is 12.7 Å². The first-order valence-electron chi connectivity index (χ1n) is 6.34. The van der Waals surface area contributed by atoms with Gasteiger partial charge in [0.15, 0.2) is 5.78 Å². The molecular weight excluding hydrogens is 230 g/mol. The molecule has 2 atom stereocenters. The van der Waals surface area contributed by atoms with E-state index in [1.807, 2.05) is 13.8 Å². The van der Waals surface area contributed by atoms with Gasteiger partial charge in [0.05, 0.1) is 6.04 Å². The summed E-state index contributed by atoms with van der Waals surface area (Å²) in [6.07, 6.45) is 2.06. The predicted octanol–water partition coefficient (Wildman–Crippen LogP) is 3.07. The van der Waals surface area contributed by atoms with Crippen LogP contribution in [0, 0.1) is 5.92 Å². The van der Waals surface area contributed by atoms with Crippen LogP contribution in [0.4, 0.5) is 4.79 Å². The van der Waals surface area contributed by atoms with Gasteiger partial charge in [-0.3, -0.25) is 4.79 Å². The molecule has 1 amide bonds. The highest BCUT2D eigenvalue weighted by Crippen LogP contribution is 2.13. The minimum absolute atomic E-state index is 0.0368. The second-order valence-electron chi connectivity index (χ2n) is 5.47. The van der Waals surface area contributed by atoms with Crippen molar-refractivity contribution < 1.29 is 14.3 Å². The highest BCUT2D eigenvalue weighted by atomic mass is 16.6. The SMILES string of the molecule is C=CCC(=O)[C@@H](NC(=O)OC(C)(C)C)[C@@H](C)CC. The molecule has 0 aliphatic heterocycles. The molecule has 0 spiro atoms. The quantitative estimate of drug-likeness (QED) is 0.742. The van der Waals surface area contributed by atoms with Crippen molar-refractivity contribution in [3.05, 3.63) is 12.7 Å². The number of ether oxygens (including phenoxy) is 1. The van der Waals surface area contributed by atoms with E-state index in [0.717, 1.165) is 6.42 Å². The summed E-state index contributed by atoms with van der Waals surface area (Å²) in [5.74, 6) is 0.0372. The number of alkyl carbamates (subject to hydrolysis) is 1. The number of nitrogens with one attached hydrogen (secondary N) is 1. The van der Waals surface area contributed by atoms with Crippen molar-refractivity contribution in [2.75, 3.05) is 0 Å². The smallest absolute Gasteiger partial charge is 0.408 e. The highest BCUT2D eigenvalue weighted by Gasteiger charge is 2.27. The average Bonchev–Trinajstić information content (AvgIpc) is 2.22. The Balaban J connectivity index is 4.64. The molecule has 0 rings (SSSR count). The molecule has 0 bridgehead atoms. The summed E-state index contributed by atoms with van der Waals surface area (Å²) in [6, 6.07) is -0.511. The first kappa shape index (κ1) is 16.7. The topological polar surface area (TPSA) is 55.4 Å². The van der Waals surface area contributed by atoms with Gasteiger partial charge in [-0.1, -0.05) is 26.3 Å². The molecule has 0 saturated carbocycles. The molecule has 0 aromatic heterocycles. The van der Waals surface area contributed by atoms with Gasteiger partial charge in [-0.15, -0.1) is 6.58 Å². The van der Waals surface area contributed by atoms with Gasteiger partial charge in [0, 0.05) is 6.42 Å². The first-order valence-corrected chi connectivity index (χ1v) is 6.34. The number of allylic oxidation sites excluding steroid dienone is 1. The number of Topliss-reactive ketones (excluding diaryl/α,β-unsaturated/α-hetero) is 1. The summed E-state index contributed by atoms with van der Waals surface area (Å²) in [6.45, 7) is 12.8. The third-order valence-electron chi connectivity index (χ3n) is 2.58. The first-order chi connectivity index (χ1) is 8.21. The number of rotatable bonds is 6. The van der Waals surface area contributed by atoms with E-state index in [4.69, 9.17) is 4.74 Å². The molecule has 0 fully saturated rings. The number of hydrogen-bond donors (Lipinski definition) is 1. The van der Waals surface area contributed by atoms with Crippen molar-refractivity contribution in [1.29, 1.82) is 0 Å². The molecule has 1 N–H and O–H groups in total. The highest BCUT2D eigenvalue weighted by molar-refractivity contribution is 5.88. The van der Waals surface area contributed by atoms with Crippen LogP contribution in [0.1, 0.15) is 47.5 Å². The summed E-state index contributed by atoms with van der Waals surface area (Å²) in [4.78, 5) is 23.6. The van der Waals surface area contributed by atoms with Gasteiger partial charge in [0.25, 0.3) is 0 Å². The third kappa shape index (κ3) is 6.42.